The molecule has 7 heteroatoms. The van der Waals surface area contributed by atoms with Crippen LogP contribution in [0.4, 0.5) is 0 Å². The molecular weight excluding hydrogens is 222 g/mol. The van der Waals surface area contributed by atoms with Crippen LogP contribution in [0.3, 0.4) is 0 Å². The summed E-state index contributed by atoms with van der Waals surface area (Å²) in [4.78, 5) is 11.5. The number of aromatic amines is 1. The molecule has 2 heterocycles. The first-order chi connectivity index (χ1) is 8.36. The van der Waals surface area contributed by atoms with Crippen molar-refractivity contribution in [3.63, 3.8) is 0 Å². The molecule has 1 saturated heterocycles. The van der Waals surface area contributed by atoms with Gasteiger partial charge in [0.25, 0.3) is 5.91 Å². The zero-order valence-corrected chi connectivity index (χ0v) is 9.61. The summed E-state index contributed by atoms with van der Waals surface area (Å²) in [5, 5.41) is 15.6. The van der Waals surface area contributed by atoms with Crippen molar-refractivity contribution < 1.29 is 9.53 Å². The van der Waals surface area contributed by atoms with Gasteiger partial charge in [0.1, 0.15) is 0 Å². The highest BCUT2D eigenvalue weighted by atomic mass is 16.5. The molecule has 0 saturated carbocycles. The van der Waals surface area contributed by atoms with E-state index in [1.165, 1.54) is 6.20 Å². The van der Waals surface area contributed by atoms with Crippen LogP contribution in [0.1, 0.15) is 23.3 Å². The topological polar surface area (TPSA) is 91.9 Å². The van der Waals surface area contributed by atoms with Crippen molar-refractivity contribution in [2.24, 2.45) is 0 Å². The highest BCUT2D eigenvalue weighted by Crippen LogP contribution is 2.06. The Morgan fingerprint density at radius 1 is 1.53 bits per heavy atom. The molecule has 1 aromatic heterocycles. The highest BCUT2D eigenvalue weighted by Gasteiger charge is 2.13. The normalized spacial score (nSPS) is 16.9. The van der Waals surface area contributed by atoms with Gasteiger partial charge in [-0.2, -0.15) is 15.4 Å². The molecule has 3 N–H and O–H groups in total. The molecule has 0 atom stereocenters. The standard InChI is InChI=1S/C10H17N5O2/c16-10(9-7-13-15-14-9)12-5-6-17-8-1-3-11-4-2-8/h7-8,11H,1-6H2,(H,12,16)(H,13,14,15). The predicted molar refractivity (Wildman–Crippen MR) is 60.6 cm³/mol. The Bertz CT molecular complexity index is 334. The number of hydrogen-bond donors (Lipinski definition) is 3. The second kappa shape index (κ2) is 6.31. The molecule has 0 bridgehead atoms. The van der Waals surface area contributed by atoms with Crippen LogP contribution < -0.4 is 10.6 Å². The minimum absolute atomic E-state index is 0.229. The lowest BCUT2D eigenvalue weighted by Crippen LogP contribution is -2.34. The Labute approximate surface area is 99.3 Å². The number of aromatic nitrogens is 3. The summed E-state index contributed by atoms with van der Waals surface area (Å²) in [6, 6.07) is 0. The molecule has 1 fully saturated rings. The van der Waals surface area contributed by atoms with E-state index >= 15 is 0 Å². The Morgan fingerprint density at radius 3 is 3.06 bits per heavy atom. The smallest absolute Gasteiger partial charge is 0.273 e. The monoisotopic (exact) mass is 239 g/mol. The largest absolute Gasteiger partial charge is 0.376 e. The van der Waals surface area contributed by atoms with Crippen LogP contribution in [0, 0.1) is 0 Å². The summed E-state index contributed by atoms with van der Waals surface area (Å²) >= 11 is 0. The van der Waals surface area contributed by atoms with Gasteiger partial charge >= 0.3 is 0 Å². The van der Waals surface area contributed by atoms with E-state index in [2.05, 4.69) is 26.0 Å². The minimum Gasteiger partial charge on any atom is -0.376 e. The van der Waals surface area contributed by atoms with Gasteiger partial charge in [0.05, 0.1) is 18.9 Å². The van der Waals surface area contributed by atoms with Crippen molar-refractivity contribution in [3.05, 3.63) is 11.9 Å². The van der Waals surface area contributed by atoms with Gasteiger partial charge in [0.15, 0.2) is 5.69 Å². The molecule has 0 aliphatic carbocycles. The molecule has 2 rings (SSSR count). The van der Waals surface area contributed by atoms with Crippen LogP contribution in [-0.2, 0) is 4.74 Å². The Morgan fingerprint density at radius 2 is 2.35 bits per heavy atom. The molecule has 0 unspecified atom stereocenters. The van der Waals surface area contributed by atoms with Gasteiger partial charge < -0.3 is 15.4 Å². The van der Waals surface area contributed by atoms with Crippen LogP contribution in [0.2, 0.25) is 0 Å². The minimum atomic E-state index is -0.229. The van der Waals surface area contributed by atoms with Crippen molar-refractivity contribution in [1.82, 2.24) is 26.0 Å². The van der Waals surface area contributed by atoms with E-state index < -0.39 is 0 Å². The summed E-state index contributed by atoms with van der Waals surface area (Å²) in [7, 11) is 0. The fourth-order valence-electron chi connectivity index (χ4n) is 1.75. The maximum absolute atomic E-state index is 11.5. The SMILES string of the molecule is O=C(NCCOC1CCNCC1)c1cn[nH]n1. The lowest BCUT2D eigenvalue weighted by atomic mass is 10.1. The van der Waals surface area contributed by atoms with E-state index in [1.54, 1.807) is 0 Å². The molecule has 0 aromatic carbocycles. The number of ether oxygens (including phenoxy) is 1. The van der Waals surface area contributed by atoms with Gasteiger partial charge in [0, 0.05) is 6.54 Å². The van der Waals surface area contributed by atoms with E-state index in [4.69, 9.17) is 4.74 Å². The molecule has 17 heavy (non-hydrogen) atoms. The lowest BCUT2D eigenvalue weighted by Gasteiger charge is -2.22. The number of nitrogens with zero attached hydrogens (tertiary/aromatic N) is 2. The van der Waals surface area contributed by atoms with Crippen LogP contribution in [0.15, 0.2) is 6.20 Å². The highest BCUT2D eigenvalue weighted by molar-refractivity contribution is 5.91. The molecule has 1 aliphatic rings. The van der Waals surface area contributed by atoms with Crippen LogP contribution in [-0.4, -0.2) is 53.7 Å². The average Bonchev–Trinajstić information content (AvgIpc) is 2.89. The predicted octanol–water partition coefficient (Wildman–Crippen LogP) is -0.697. The molecule has 1 aliphatic heterocycles. The maximum atomic E-state index is 11.5. The summed E-state index contributed by atoms with van der Waals surface area (Å²) < 4.78 is 5.65. The number of piperidine rings is 1. The third-order valence-electron chi connectivity index (χ3n) is 2.68. The Kier molecular flexibility index (Phi) is 4.45. The number of carbonyl (C=O) groups excluding carboxylic acids is 1. The van der Waals surface area contributed by atoms with Crippen LogP contribution in [0.5, 0.6) is 0 Å². The van der Waals surface area contributed by atoms with E-state index in [-0.39, 0.29) is 5.91 Å². The Hall–Kier alpha value is -1.47. The molecule has 1 amide bonds. The summed E-state index contributed by atoms with van der Waals surface area (Å²) in [5.41, 5.74) is 0.298. The van der Waals surface area contributed by atoms with Crippen molar-refractivity contribution in [1.29, 1.82) is 0 Å². The van der Waals surface area contributed by atoms with E-state index in [0.29, 0.717) is 24.9 Å². The van der Waals surface area contributed by atoms with Crippen molar-refractivity contribution >= 4 is 5.91 Å². The second-order valence-corrected chi connectivity index (χ2v) is 3.93. The molecule has 0 radical (unpaired) electrons. The van der Waals surface area contributed by atoms with Crippen molar-refractivity contribution in [3.8, 4) is 0 Å². The van der Waals surface area contributed by atoms with Gasteiger partial charge in [-0.25, -0.2) is 0 Å². The molecular formula is C10H17N5O2. The van der Waals surface area contributed by atoms with Gasteiger partial charge in [-0.1, -0.05) is 0 Å². The second-order valence-electron chi connectivity index (χ2n) is 3.93. The number of hydrogen-bond acceptors (Lipinski definition) is 5. The zero-order chi connectivity index (χ0) is 11.9. The molecule has 1 aromatic rings. The van der Waals surface area contributed by atoms with Crippen molar-refractivity contribution in [2.45, 2.75) is 18.9 Å². The molecule has 7 nitrogen and oxygen atoms in total. The first-order valence-corrected chi connectivity index (χ1v) is 5.82. The maximum Gasteiger partial charge on any atom is 0.273 e. The van der Waals surface area contributed by atoms with E-state index in [0.717, 1.165) is 25.9 Å². The Balaban J connectivity index is 1.58. The third-order valence-corrected chi connectivity index (χ3v) is 2.68. The summed E-state index contributed by atoms with van der Waals surface area (Å²) in [5.74, 6) is -0.229. The molecule has 0 spiro atoms. The van der Waals surface area contributed by atoms with Crippen LogP contribution >= 0.6 is 0 Å². The van der Waals surface area contributed by atoms with Gasteiger partial charge in [-0.15, -0.1) is 0 Å². The fourth-order valence-corrected chi connectivity index (χ4v) is 1.75. The van der Waals surface area contributed by atoms with E-state index in [9.17, 15) is 4.79 Å². The number of carbonyl (C=O) groups is 1. The van der Waals surface area contributed by atoms with E-state index in [1.807, 2.05) is 0 Å². The quantitative estimate of drug-likeness (QED) is 0.591. The summed E-state index contributed by atoms with van der Waals surface area (Å²) in [6.45, 7) is 3.05. The van der Waals surface area contributed by atoms with Gasteiger partial charge in [-0.05, 0) is 25.9 Å². The first kappa shape index (κ1) is 12.0. The number of rotatable bonds is 5. The summed E-state index contributed by atoms with van der Waals surface area (Å²) in [6.07, 6.45) is 3.79. The lowest BCUT2D eigenvalue weighted by molar-refractivity contribution is 0.0343. The zero-order valence-electron chi connectivity index (χ0n) is 9.61. The van der Waals surface area contributed by atoms with Crippen LogP contribution in [0.25, 0.3) is 0 Å². The fraction of sp³-hybridized carbons (Fsp3) is 0.700. The molecule has 94 valence electrons. The van der Waals surface area contributed by atoms with Crippen molar-refractivity contribution in [2.75, 3.05) is 26.2 Å². The average molecular weight is 239 g/mol. The van der Waals surface area contributed by atoms with Gasteiger partial charge in [0.2, 0.25) is 0 Å². The third kappa shape index (κ3) is 3.79. The number of H-pyrrole nitrogens is 1. The van der Waals surface area contributed by atoms with Gasteiger partial charge in [-0.3, -0.25) is 4.79 Å². The number of nitrogens with one attached hydrogen (secondary N) is 3. The first-order valence-electron chi connectivity index (χ1n) is 5.82. The number of amides is 1.